The molecule has 1 atom stereocenters. The summed E-state index contributed by atoms with van der Waals surface area (Å²) in [5, 5.41) is 0. The van der Waals surface area contributed by atoms with Gasteiger partial charge in [-0.3, -0.25) is 0 Å². The number of nitrogens with zero attached hydrogens (tertiary/aromatic N) is 1. The highest BCUT2D eigenvalue weighted by atomic mass is 79.9. The second kappa shape index (κ2) is 5.35. The summed E-state index contributed by atoms with van der Waals surface area (Å²) < 4.78 is 54.2. The Bertz CT molecular complexity index is 726. The van der Waals surface area contributed by atoms with Crippen LogP contribution in [0, 0.1) is 5.95 Å². The van der Waals surface area contributed by atoms with Gasteiger partial charge in [-0.05, 0) is 40.5 Å². The Labute approximate surface area is 132 Å². The summed E-state index contributed by atoms with van der Waals surface area (Å²) in [5.74, 6) is -0.964. The van der Waals surface area contributed by atoms with E-state index in [1.807, 2.05) is 0 Å². The molecule has 0 bridgehead atoms. The van der Waals surface area contributed by atoms with E-state index >= 15 is 0 Å². The van der Waals surface area contributed by atoms with Gasteiger partial charge in [0.2, 0.25) is 0 Å². The average molecular weight is 376 g/mol. The van der Waals surface area contributed by atoms with Gasteiger partial charge in [-0.1, -0.05) is 6.07 Å². The van der Waals surface area contributed by atoms with E-state index in [1.54, 1.807) is 6.92 Å². The molecule has 4 nitrogen and oxygen atoms in total. The topological polar surface area (TPSA) is 40.6 Å². The molecule has 2 heterocycles. The first kappa shape index (κ1) is 15.0. The minimum Gasteiger partial charge on any atom is -0.481 e. The molecule has 0 amide bonds. The van der Waals surface area contributed by atoms with Gasteiger partial charge in [-0.25, -0.2) is 4.98 Å². The van der Waals surface area contributed by atoms with Crippen molar-refractivity contribution >= 4 is 15.9 Å². The van der Waals surface area contributed by atoms with Crippen LogP contribution >= 0.6 is 15.9 Å². The first-order valence-corrected chi connectivity index (χ1v) is 7.01. The summed E-state index contributed by atoms with van der Waals surface area (Å²) in [6.07, 6.45) is -2.98. The maximum absolute atomic E-state index is 13.6. The lowest BCUT2D eigenvalue weighted by Gasteiger charge is -2.15. The zero-order valence-electron chi connectivity index (χ0n) is 11.1. The fourth-order valence-corrected chi connectivity index (χ4v) is 2.27. The third-order valence-electron chi connectivity index (χ3n) is 2.97. The van der Waals surface area contributed by atoms with Crippen LogP contribution in [0.1, 0.15) is 18.6 Å². The number of aromatic nitrogens is 1. The number of fused-ring (bicyclic) bond motifs is 1. The molecule has 0 saturated carbocycles. The molecule has 1 aliphatic heterocycles. The third-order valence-corrected chi connectivity index (χ3v) is 3.41. The number of hydrogen-bond donors (Lipinski definition) is 0. The molecule has 0 saturated heterocycles. The van der Waals surface area contributed by atoms with Crippen molar-refractivity contribution < 1.29 is 27.4 Å². The van der Waals surface area contributed by atoms with Crippen molar-refractivity contribution in [3.05, 3.63) is 46.4 Å². The van der Waals surface area contributed by atoms with Gasteiger partial charge in [-0.2, -0.15) is 4.39 Å². The highest BCUT2D eigenvalue weighted by Gasteiger charge is 2.43. The van der Waals surface area contributed by atoms with Crippen LogP contribution in [0.3, 0.4) is 0 Å². The van der Waals surface area contributed by atoms with E-state index in [0.29, 0.717) is 10.0 Å². The molecule has 0 radical (unpaired) electrons. The average Bonchev–Trinajstić information content (AvgIpc) is 2.75. The van der Waals surface area contributed by atoms with Crippen LogP contribution in [0.15, 0.2) is 34.9 Å². The summed E-state index contributed by atoms with van der Waals surface area (Å²) in [5.41, 5.74) is 0.527. The zero-order chi connectivity index (χ0) is 15.9. The minimum absolute atomic E-state index is 0.0510. The van der Waals surface area contributed by atoms with Crippen LogP contribution in [-0.4, -0.2) is 11.3 Å². The summed E-state index contributed by atoms with van der Waals surface area (Å²) in [7, 11) is 0. The lowest BCUT2D eigenvalue weighted by molar-refractivity contribution is -0.286. The summed E-state index contributed by atoms with van der Waals surface area (Å²) in [6, 6.07) is 5.68. The van der Waals surface area contributed by atoms with Crippen molar-refractivity contribution in [1.82, 2.24) is 4.98 Å². The van der Waals surface area contributed by atoms with Gasteiger partial charge in [0.15, 0.2) is 17.2 Å². The third kappa shape index (κ3) is 2.96. The van der Waals surface area contributed by atoms with Crippen LogP contribution in [0.4, 0.5) is 13.2 Å². The molecule has 0 spiro atoms. The van der Waals surface area contributed by atoms with Crippen molar-refractivity contribution in [3.63, 3.8) is 0 Å². The van der Waals surface area contributed by atoms with E-state index in [0.717, 1.165) is 0 Å². The summed E-state index contributed by atoms with van der Waals surface area (Å²) in [6.45, 7) is 1.65. The lowest BCUT2D eigenvalue weighted by atomic mass is 10.1. The first-order valence-electron chi connectivity index (χ1n) is 6.21. The van der Waals surface area contributed by atoms with Crippen LogP contribution < -0.4 is 14.2 Å². The highest BCUT2D eigenvalue weighted by Crippen LogP contribution is 2.42. The highest BCUT2D eigenvalue weighted by molar-refractivity contribution is 9.10. The molecule has 0 N–H and O–H groups in total. The Hall–Kier alpha value is -1.96. The maximum atomic E-state index is 13.6. The molecule has 0 aliphatic carbocycles. The monoisotopic (exact) mass is 375 g/mol. The van der Waals surface area contributed by atoms with Gasteiger partial charge in [-0.15, -0.1) is 8.78 Å². The van der Waals surface area contributed by atoms with Gasteiger partial charge in [0.25, 0.3) is 5.95 Å². The predicted octanol–water partition coefficient (Wildman–Crippen LogP) is 4.44. The van der Waals surface area contributed by atoms with E-state index in [4.69, 9.17) is 4.74 Å². The molecule has 0 fully saturated rings. The Morgan fingerprint density at radius 1 is 1.23 bits per heavy atom. The molecule has 1 aromatic carbocycles. The van der Waals surface area contributed by atoms with Gasteiger partial charge < -0.3 is 14.2 Å². The zero-order valence-corrected chi connectivity index (χ0v) is 12.7. The summed E-state index contributed by atoms with van der Waals surface area (Å²) >= 11 is 3.17. The number of pyridine rings is 1. The largest absolute Gasteiger partial charge is 0.586 e. The Morgan fingerprint density at radius 3 is 2.73 bits per heavy atom. The van der Waals surface area contributed by atoms with Gasteiger partial charge >= 0.3 is 6.29 Å². The molecule has 3 rings (SSSR count). The number of ether oxygens (including phenoxy) is 3. The standard InChI is InChI=1S/C14H9BrF3NO3/c1-7(20-12-5-9(15)6-19-13(12)16)8-2-3-10-11(4-8)22-14(17,18)21-10/h2-7H,1H3. The van der Waals surface area contributed by atoms with Crippen molar-refractivity contribution in [1.29, 1.82) is 0 Å². The molecule has 1 aromatic heterocycles. The van der Waals surface area contributed by atoms with Gasteiger partial charge in [0.05, 0.1) is 0 Å². The van der Waals surface area contributed by atoms with Gasteiger partial charge in [0, 0.05) is 16.7 Å². The van der Waals surface area contributed by atoms with Crippen LogP contribution in [0.25, 0.3) is 0 Å². The number of hydrogen-bond acceptors (Lipinski definition) is 4. The molecule has 8 heteroatoms. The van der Waals surface area contributed by atoms with Crippen molar-refractivity contribution in [2.24, 2.45) is 0 Å². The molecule has 2 aromatic rings. The Balaban J connectivity index is 1.82. The van der Waals surface area contributed by atoms with E-state index in [2.05, 4.69) is 30.4 Å². The molecule has 1 unspecified atom stereocenters. The molecular weight excluding hydrogens is 367 g/mol. The van der Waals surface area contributed by atoms with E-state index in [-0.39, 0.29) is 17.2 Å². The van der Waals surface area contributed by atoms with Crippen molar-refractivity contribution in [2.75, 3.05) is 0 Å². The Kier molecular flexibility index (Phi) is 3.64. The molecular formula is C14H9BrF3NO3. The van der Waals surface area contributed by atoms with E-state index in [9.17, 15) is 13.2 Å². The van der Waals surface area contributed by atoms with Gasteiger partial charge in [0.1, 0.15) is 6.10 Å². The normalized spacial score (nSPS) is 16.4. The SMILES string of the molecule is CC(Oc1cc(Br)cnc1F)c1ccc2c(c1)OC(F)(F)O2. The Morgan fingerprint density at radius 2 is 1.95 bits per heavy atom. The second-order valence-electron chi connectivity index (χ2n) is 4.58. The molecule has 116 valence electrons. The van der Waals surface area contributed by atoms with E-state index < -0.39 is 18.3 Å². The van der Waals surface area contributed by atoms with Crippen molar-refractivity contribution in [2.45, 2.75) is 19.3 Å². The van der Waals surface area contributed by atoms with Crippen LogP contribution in [0.5, 0.6) is 17.2 Å². The van der Waals surface area contributed by atoms with Crippen LogP contribution in [0.2, 0.25) is 0 Å². The summed E-state index contributed by atoms with van der Waals surface area (Å²) in [4.78, 5) is 3.52. The van der Waals surface area contributed by atoms with Crippen LogP contribution in [-0.2, 0) is 0 Å². The number of halogens is 4. The fraction of sp³-hybridized carbons (Fsp3) is 0.214. The second-order valence-corrected chi connectivity index (χ2v) is 5.49. The minimum atomic E-state index is -3.68. The number of alkyl halides is 2. The molecule has 1 aliphatic rings. The maximum Gasteiger partial charge on any atom is 0.586 e. The first-order chi connectivity index (χ1) is 10.3. The predicted molar refractivity (Wildman–Crippen MR) is 73.6 cm³/mol. The van der Waals surface area contributed by atoms with Crippen molar-refractivity contribution in [3.8, 4) is 17.2 Å². The smallest absolute Gasteiger partial charge is 0.481 e. The van der Waals surface area contributed by atoms with E-state index in [1.165, 1.54) is 30.5 Å². The number of rotatable bonds is 3. The lowest BCUT2D eigenvalue weighted by Crippen LogP contribution is -2.25. The quantitative estimate of drug-likeness (QED) is 0.743. The fourth-order valence-electron chi connectivity index (χ4n) is 1.96. The molecule has 22 heavy (non-hydrogen) atoms. The number of benzene rings is 1.